The summed E-state index contributed by atoms with van der Waals surface area (Å²) in [6, 6.07) is 2.35. The lowest BCUT2D eigenvalue weighted by atomic mass is 10.2. The summed E-state index contributed by atoms with van der Waals surface area (Å²) >= 11 is 0. The van der Waals surface area contributed by atoms with Gasteiger partial charge in [-0.1, -0.05) is 6.92 Å². The average molecular weight is 248 g/mol. The van der Waals surface area contributed by atoms with Crippen molar-refractivity contribution < 1.29 is 17.9 Å². The Morgan fingerprint density at radius 2 is 2.12 bits per heavy atom. The van der Waals surface area contributed by atoms with Crippen LogP contribution < -0.4 is 15.8 Å². The van der Waals surface area contributed by atoms with Gasteiger partial charge in [-0.25, -0.2) is 13.2 Å². The van der Waals surface area contributed by atoms with E-state index in [-0.39, 0.29) is 17.1 Å². The Balaban J connectivity index is 2.81. The van der Waals surface area contributed by atoms with Crippen LogP contribution in [0.3, 0.4) is 0 Å². The van der Waals surface area contributed by atoms with Crippen LogP contribution in [0.25, 0.3) is 0 Å². The van der Waals surface area contributed by atoms with Crippen molar-refractivity contribution in [2.45, 2.75) is 19.8 Å². The molecule has 1 rings (SSSR count). The van der Waals surface area contributed by atoms with Gasteiger partial charge in [0.25, 0.3) is 6.43 Å². The first-order valence-corrected chi connectivity index (χ1v) is 5.28. The number of hydrogen-bond acceptors (Lipinski definition) is 3. The summed E-state index contributed by atoms with van der Waals surface area (Å²) in [5.74, 6) is -0.587. The van der Waals surface area contributed by atoms with Crippen LogP contribution in [0.1, 0.15) is 13.3 Å². The zero-order chi connectivity index (χ0) is 12.8. The maximum Gasteiger partial charge on any atom is 0.255 e. The van der Waals surface area contributed by atoms with Crippen molar-refractivity contribution in [2.75, 3.05) is 24.2 Å². The van der Waals surface area contributed by atoms with Crippen LogP contribution in [0.2, 0.25) is 0 Å². The number of nitrogen functional groups attached to an aromatic ring is 1. The summed E-state index contributed by atoms with van der Waals surface area (Å²) < 4.78 is 42.6. The number of alkyl halides is 2. The summed E-state index contributed by atoms with van der Waals surface area (Å²) in [7, 11) is 0. The van der Waals surface area contributed by atoms with Crippen molar-refractivity contribution in [3.63, 3.8) is 0 Å². The Bertz CT molecular complexity index is 372. The minimum absolute atomic E-state index is 0.0119. The highest BCUT2D eigenvalue weighted by atomic mass is 19.3. The summed E-state index contributed by atoms with van der Waals surface area (Å²) in [6.07, 6.45) is -1.77. The van der Waals surface area contributed by atoms with E-state index in [1.807, 2.05) is 6.92 Å². The molecule has 0 aliphatic rings. The van der Waals surface area contributed by atoms with Crippen LogP contribution in [0.5, 0.6) is 5.75 Å². The van der Waals surface area contributed by atoms with Gasteiger partial charge in [-0.05, 0) is 6.42 Å². The first-order chi connectivity index (χ1) is 8.04. The average Bonchev–Trinajstić information content (AvgIpc) is 2.26. The van der Waals surface area contributed by atoms with Gasteiger partial charge in [-0.15, -0.1) is 0 Å². The molecule has 0 bridgehead atoms. The molecule has 6 heteroatoms. The van der Waals surface area contributed by atoms with E-state index < -0.39 is 18.8 Å². The second-order valence-corrected chi connectivity index (χ2v) is 3.49. The van der Waals surface area contributed by atoms with Gasteiger partial charge in [0.2, 0.25) is 0 Å². The standard InChI is InChI=1S/C11H15F3N2O/c1-2-3-17-10-5-9(16-6-11(13)14)8(15)4-7(10)12/h4-5,11,16H,2-3,6,15H2,1H3. The van der Waals surface area contributed by atoms with E-state index in [1.54, 1.807) is 0 Å². The topological polar surface area (TPSA) is 47.3 Å². The Morgan fingerprint density at radius 3 is 2.71 bits per heavy atom. The molecule has 0 aromatic heterocycles. The van der Waals surface area contributed by atoms with Gasteiger partial charge in [0.1, 0.15) is 0 Å². The molecule has 0 amide bonds. The van der Waals surface area contributed by atoms with Crippen molar-refractivity contribution in [3.05, 3.63) is 17.9 Å². The molecule has 1 aromatic rings. The van der Waals surface area contributed by atoms with E-state index >= 15 is 0 Å². The summed E-state index contributed by atoms with van der Waals surface area (Å²) in [4.78, 5) is 0. The predicted molar refractivity (Wildman–Crippen MR) is 61.1 cm³/mol. The lowest BCUT2D eigenvalue weighted by Gasteiger charge is -2.12. The molecule has 0 saturated carbocycles. The van der Waals surface area contributed by atoms with E-state index in [2.05, 4.69) is 5.32 Å². The lowest BCUT2D eigenvalue weighted by molar-refractivity contribution is 0.163. The van der Waals surface area contributed by atoms with E-state index in [4.69, 9.17) is 10.5 Å². The number of hydrogen-bond donors (Lipinski definition) is 2. The van der Waals surface area contributed by atoms with Crippen molar-refractivity contribution in [1.29, 1.82) is 0 Å². The summed E-state index contributed by atoms with van der Waals surface area (Å²) in [5, 5.41) is 2.43. The largest absolute Gasteiger partial charge is 0.490 e. The predicted octanol–water partition coefficient (Wildman–Crippen LogP) is 2.87. The Labute approximate surface area is 97.8 Å². The summed E-state index contributed by atoms with van der Waals surface area (Å²) in [6.45, 7) is 1.70. The molecule has 0 radical (unpaired) electrons. The Kier molecular flexibility index (Phi) is 4.93. The molecule has 1 aromatic carbocycles. The van der Waals surface area contributed by atoms with E-state index in [0.29, 0.717) is 6.61 Å². The van der Waals surface area contributed by atoms with Gasteiger partial charge >= 0.3 is 0 Å². The molecular formula is C11H15F3N2O. The van der Waals surface area contributed by atoms with Crippen LogP contribution >= 0.6 is 0 Å². The van der Waals surface area contributed by atoms with Gasteiger partial charge in [0, 0.05) is 12.1 Å². The quantitative estimate of drug-likeness (QED) is 0.761. The molecule has 0 atom stereocenters. The fraction of sp³-hybridized carbons (Fsp3) is 0.455. The van der Waals surface area contributed by atoms with Crippen molar-refractivity contribution in [3.8, 4) is 5.75 Å². The molecule has 3 N–H and O–H groups in total. The molecule has 0 heterocycles. The highest BCUT2D eigenvalue weighted by Crippen LogP contribution is 2.28. The van der Waals surface area contributed by atoms with Crippen LogP contribution in [-0.4, -0.2) is 19.6 Å². The van der Waals surface area contributed by atoms with Crippen LogP contribution in [-0.2, 0) is 0 Å². The summed E-state index contributed by atoms with van der Waals surface area (Å²) in [5.41, 5.74) is 5.83. The maximum absolute atomic E-state index is 13.4. The molecule has 17 heavy (non-hydrogen) atoms. The number of rotatable bonds is 6. The minimum atomic E-state index is -2.50. The number of halogens is 3. The second-order valence-electron chi connectivity index (χ2n) is 3.49. The minimum Gasteiger partial charge on any atom is -0.490 e. The molecule has 0 saturated heterocycles. The SMILES string of the molecule is CCCOc1cc(NCC(F)F)c(N)cc1F. The van der Waals surface area contributed by atoms with E-state index in [0.717, 1.165) is 12.5 Å². The molecule has 0 aliphatic carbocycles. The monoisotopic (exact) mass is 248 g/mol. The molecule has 96 valence electrons. The van der Waals surface area contributed by atoms with Crippen molar-refractivity contribution >= 4 is 11.4 Å². The number of anilines is 2. The zero-order valence-corrected chi connectivity index (χ0v) is 9.47. The Morgan fingerprint density at radius 1 is 1.41 bits per heavy atom. The highest BCUT2D eigenvalue weighted by molar-refractivity contribution is 5.68. The Hall–Kier alpha value is -1.59. The first-order valence-electron chi connectivity index (χ1n) is 5.28. The van der Waals surface area contributed by atoms with Gasteiger partial charge in [-0.2, -0.15) is 0 Å². The smallest absolute Gasteiger partial charge is 0.255 e. The molecule has 3 nitrogen and oxygen atoms in total. The third-order valence-electron chi connectivity index (χ3n) is 2.01. The van der Waals surface area contributed by atoms with Gasteiger partial charge < -0.3 is 15.8 Å². The normalized spacial score (nSPS) is 10.6. The number of nitrogens with two attached hydrogens (primary N) is 1. The molecule has 0 unspecified atom stereocenters. The third-order valence-corrected chi connectivity index (χ3v) is 2.01. The van der Waals surface area contributed by atoms with Crippen LogP contribution in [0, 0.1) is 5.82 Å². The second kappa shape index (κ2) is 6.22. The molecule has 0 aliphatic heterocycles. The van der Waals surface area contributed by atoms with Gasteiger partial charge in [0.15, 0.2) is 11.6 Å². The maximum atomic E-state index is 13.4. The zero-order valence-electron chi connectivity index (χ0n) is 9.47. The number of ether oxygens (including phenoxy) is 1. The van der Waals surface area contributed by atoms with E-state index in [9.17, 15) is 13.2 Å². The third kappa shape index (κ3) is 4.05. The van der Waals surface area contributed by atoms with E-state index in [1.165, 1.54) is 6.07 Å². The van der Waals surface area contributed by atoms with Crippen LogP contribution in [0.4, 0.5) is 24.5 Å². The lowest BCUT2D eigenvalue weighted by Crippen LogP contribution is -2.12. The fourth-order valence-corrected chi connectivity index (χ4v) is 1.23. The molecule has 0 fully saturated rings. The number of benzene rings is 1. The molecular weight excluding hydrogens is 233 g/mol. The van der Waals surface area contributed by atoms with Crippen molar-refractivity contribution in [2.24, 2.45) is 0 Å². The highest BCUT2D eigenvalue weighted by Gasteiger charge is 2.10. The van der Waals surface area contributed by atoms with Crippen LogP contribution in [0.15, 0.2) is 12.1 Å². The van der Waals surface area contributed by atoms with Crippen molar-refractivity contribution in [1.82, 2.24) is 0 Å². The van der Waals surface area contributed by atoms with Gasteiger partial charge in [-0.3, -0.25) is 0 Å². The molecule has 0 spiro atoms. The first kappa shape index (κ1) is 13.5. The number of nitrogens with one attached hydrogen (secondary N) is 1. The van der Waals surface area contributed by atoms with Gasteiger partial charge in [0.05, 0.1) is 24.5 Å². The fourth-order valence-electron chi connectivity index (χ4n) is 1.23.